The van der Waals surface area contributed by atoms with E-state index in [-0.39, 0.29) is 5.92 Å². The van der Waals surface area contributed by atoms with E-state index in [0.717, 1.165) is 63.3 Å². The van der Waals surface area contributed by atoms with Crippen LogP contribution in [0.4, 0.5) is 0 Å². The molecule has 2 atom stereocenters. The summed E-state index contributed by atoms with van der Waals surface area (Å²) in [6, 6.07) is 0.391. The zero-order valence-electron chi connectivity index (χ0n) is 12.9. The molecule has 2 aliphatic rings. The molecule has 116 valence electrons. The van der Waals surface area contributed by atoms with E-state index in [1.165, 1.54) is 12.8 Å². The van der Waals surface area contributed by atoms with Gasteiger partial charge in [-0.1, -0.05) is 18.5 Å². The number of Topliss-reactive ketones (excluding diaryl/α,β-unsaturated/α-hetero) is 1. The maximum atomic E-state index is 12.1. The van der Waals surface area contributed by atoms with Gasteiger partial charge in [-0.3, -0.25) is 9.69 Å². The summed E-state index contributed by atoms with van der Waals surface area (Å²) in [6.07, 6.45) is 8.34. The van der Waals surface area contributed by atoms with Gasteiger partial charge in [0.05, 0.1) is 6.54 Å². The van der Waals surface area contributed by atoms with Gasteiger partial charge in [0, 0.05) is 24.8 Å². The minimum absolute atomic E-state index is 0.243. The van der Waals surface area contributed by atoms with Crippen LogP contribution in [0.25, 0.3) is 0 Å². The van der Waals surface area contributed by atoms with Crippen LogP contribution in [0.2, 0.25) is 0 Å². The summed E-state index contributed by atoms with van der Waals surface area (Å²) in [5.74, 6) is 2.22. The first-order chi connectivity index (χ1) is 10.3. The van der Waals surface area contributed by atoms with Crippen LogP contribution in [0.1, 0.15) is 63.6 Å². The molecule has 3 rings (SSSR count). The molecule has 0 amide bonds. The highest BCUT2D eigenvalue weighted by atomic mass is 16.5. The van der Waals surface area contributed by atoms with Crippen molar-refractivity contribution >= 4 is 5.78 Å². The van der Waals surface area contributed by atoms with Crippen LogP contribution in [-0.2, 0) is 17.8 Å². The number of carbonyl (C=O) groups excluding carboxylic acids is 1. The van der Waals surface area contributed by atoms with Gasteiger partial charge in [0.25, 0.3) is 0 Å². The van der Waals surface area contributed by atoms with Gasteiger partial charge in [0.15, 0.2) is 5.82 Å². The summed E-state index contributed by atoms with van der Waals surface area (Å²) in [7, 11) is 0. The highest BCUT2D eigenvalue weighted by Crippen LogP contribution is 2.33. The molecule has 2 fully saturated rings. The van der Waals surface area contributed by atoms with Gasteiger partial charge >= 0.3 is 0 Å². The Bertz CT molecular complexity index is 486. The van der Waals surface area contributed by atoms with Crippen molar-refractivity contribution in [1.82, 2.24) is 15.0 Å². The fraction of sp³-hybridized carbons (Fsp3) is 0.812. The Morgan fingerprint density at radius 3 is 2.95 bits per heavy atom. The molecule has 1 saturated heterocycles. The van der Waals surface area contributed by atoms with E-state index in [2.05, 4.69) is 22.0 Å². The lowest BCUT2D eigenvalue weighted by Gasteiger charge is -2.37. The van der Waals surface area contributed by atoms with E-state index in [0.29, 0.717) is 11.8 Å². The molecule has 1 aromatic rings. The van der Waals surface area contributed by atoms with E-state index in [1.807, 2.05) is 0 Å². The predicted octanol–water partition coefficient (Wildman–Crippen LogP) is 2.75. The molecule has 1 saturated carbocycles. The van der Waals surface area contributed by atoms with E-state index in [4.69, 9.17) is 4.52 Å². The number of piperidine rings is 1. The molecule has 1 aliphatic carbocycles. The van der Waals surface area contributed by atoms with Crippen LogP contribution in [-0.4, -0.2) is 33.4 Å². The third kappa shape index (κ3) is 3.34. The Kier molecular flexibility index (Phi) is 4.68. The van der Waals surface area contributed by atoms with Crippen molar-refractivity contribution in [3.63, 3.8) is 0 Å². The molecule has 1 aliphatic heterocycles. The number of aromatic nitrogens is 2. The minimum Gasteiger partial charge on any atom is -0.339 e. The first-order valence-corrected chi connectivity index (χ1v) is 8.36. The highest BCUT2D eigenvalue weighted by Gasteiger charge is 2.37. The van der Waals surface area contributed by atoms with Gasteiger partial charge in [-0.05, 0) is 38.6 Å². The fourth-order valence-corrected chi connectivity index (χ4v) is 3.77. The topological polar surface area (TPSA) is 59.2 Å². The minimum atomic E-state index is 0.243. The summed E-state index contributed by atoms with van der Waals surface area (Å²) in [6.45, 7) is 3.88. The van der Waals surface area contributed by atoms with Gasteiger partial charge in [-0.15, -0.1) is 0 Å². The summed E-state index contributed by atoms with van der Waals surface area (Å²) in [5, 5.41) is 4.10. The normalized spacial score (nSPS) is 27.4. The number of nitrogens with zero attached hydrogens (tertiary/aromatic N) is 3. The smallest absolute Gasteiger partial charge is 0.226 e. The van der Waals surface area contributed by atoms with Crippen LogP contribution in [0, 0.1) is 5.92 Å². The van der Waals surface area contributed by atoms with Gasteiger partial charge in [-0.25, -0.2) is 0 Å². The molecule has 0 radical (unpaired) electrons. The Labute approximate surface area is 126 Å². The van der Waals surface area contributed by atoms with Crippen molar-refractivity contribution in [1.29, 1.82) is 0 Å². The van der Waals surface area contributed by atoms with Crippen molar-refractivity contribution < 1.29 is 9.32 Å². The lowest BCUT2D eigenvalue weighted by Crippen LogP contribution is -2.45. The van der Waals surface area contributed by atoms with Gasteiger partial charge in [0.2, 0.25) is 5.89 Å². The second kappa shape index (κ2) is 6.69. The van der Waals surface area contributed by atoms with Gasteiger partial charge < -0.3 is 4.52 Å². The molecule has 1 aromatic heterocycles. The van der Waals surface area contributed by atoms with E-state index >= 15 is 0 Å². The first-order valence-electron chi connectivity index (χ1n) is 8.36. The predicted molar refractivity (Wildman–Crippen MR) is 78.7 cm³/mol. The van der Waals surface area contributed by atoms with Gasteiger partial charge in [-0.2, -0.15) is 4.98 Å². The highest BCUT2D eigenvalue weighted by molar-refractivity contribution is 5.83. The SMILES string of the molecule is CCCc1nc(CN2CCCCC2C2CCCC2=O)no1. The second-order valence-electron chi connectivity index (χ2n) is 6.35. The Hall–Kier alpha value is -1.23. The van der Waals surface area contributed by atoms with E-state index in [9.17, 15) is 4.79 Å². The average Bonchev–Trinajstić information content (AvgIpc) is 3.09. The van der Waals surface area contributed by atoms with Crippen LogP contribution >= 0.6 is 0 Å². The number of rotatable bonds is 5. The molecule has 5 nitrogen and oxygen atoms in total. The standard InChI is InChI=1S/C16H25N3O2/c1-2-6-16-17-15(18-21-16)11-19-10-4-3-8-13(19)12-7-5-9-14(12)20/h12-13H,2-11H2,1H3. The van der Waals surface area contributed by atoms with Crippen molar-refractivity contribution in [2.45, 2.75) is 70.9 Å². The monoisotopic (exact) mass is 291 g/mol. The number of aryl methyl sites for hydroxylation is 1. The fourth-order valence-electron chi connectivity index (χ4n) is 3.77. The quantitative estimate of drug-likeness (QED) is 0.835. The Morgan fingerprint density at radius 2 is 2.19 bits per heavy atom. The molecule has 0 bridgehead atoms. The van der Waals surface area contributed by atoms with Crippen molar-refractivity contribution in [3.05, 3.63) is 11.7 Å². The number of likely N-dealkylation sites (tertiary alicyclic amines) is 1. The summed E-state index contributed by atoms with van der Waals surface area (Å²) < 4.78 is 5.27. The van der Waals surface area contributed by atoms with Crippen molar-refractivity contribution in [2.24, 2.45) is 5.92 Å². The number of carbonyl (C=O) groups is 1. The van der Waals surface area contributed by atoms with Crippen LogP contribution < -0.4 is 0 Å². The van der Waals surface area contributed by atoms with Crippen LogP contribution in [0.5, 0.6) is 0 Å². The van der Waals surface area contributed by atoms with E-state index in [1.54, 1.807) is 0 Å². The number of hydrogen-bond acceptors (Lipinski definition) is 5. The molecule has 0 aromatic carbocycles. The van der Waals surface area contributed by atoms with Crippen LogP contribution in [0.15, 0.2) is 4.52 Å². The molecular weight excluding hydrogens is 266 g/mol. The third-order valence-corrected chi connectivity index (χ3v) is 4.80. The molecular formula is C16H25N3O2. The Morgan fingerprint density at radius 1 is 1.29 bits per heavy atom. The molecule has 0 N–H and O–H groups in total. The lowest BCUT2D eigenvalue weighted by molar-refractivity contribution is -0.123. The Balaban J connectivity index is 1.67. The zero-order valence-corrected chi connectivity index (χ0v) is 12.9. The van der Waals surface area contributed by atoms with Crippen molar-refractivity contribution in [3.8, 4) is 0 Å². The lowest BCUT2D eigenvalue weighted by atomic mass is 9.88. The third-order valence-electron chi connectivity index (χ3n) is 4.80. The first kappa shape index (κ1) is 14.7. The number of ketones is 1. The maximum absolute atomic E-state index is 12.1. The molecule has 0 spiro atoms. The molecule has 2 unspecified atom stereocenters. The number of hydrogen-bond donors (Lipinski definition) is 0. The summed E-state index contributed by atoms with van der Waals surface area (Å²) in [5.41, 5.74) is 0. The van der Waals surface area contributed by atoms with E-state index < -0.39 is 0 Å². The average molecular weight is 291 g/mol. The maximum Gasteiger partial charge on any atom is 0.226 e. The molecule has 5 heteroatoms. The zero-order chi connectivity index (χ0) is 14.7. The molecule has 21 heavy (non-hydrogen) atoms. The molecule has 2 heterocycles. The van der Waals surface area contributed by atoms with Crippen LogP contribution in [0.3, 0.4) is 0 Å². The summed E-state index contributed by atoms with van der Waals surface area (Å²) >= 11 is 0. The van der Waals surface area contributed by atoms with Gasteiger partial charge in [0.1, 0.15) is 5.78 Å². The summed E-state index contributed by atoms with van der Waals surface area (Å²) in [4.78, 5) is 19.0. The van der Waals surface area contributed by atoms with Crippen molar-refractivity contribution in [2.75, 3.05) is 6.54 Å². The second-order valence-corrected chi connectivity index (χ2v) is 6.35. The largest absolute Gasteiger partial charge is 0.339 e.